The molecule has 0 amide bonds. The van der Waals surface area contributed by atoms with Crippen molar-refractivity contribution in [3.05, 3.63) is 22.7 Å². The fourth-order valence-electron chi connectivity index (χ4n) is 0.989. The Morgan fingerprint density at radius 3 is 2.64 bits per heavy atom. The van der Waals surface area contributed by atoms with Gasteiger partial charge in [0.05, 0.1) is 12.8 Å². The molecule has 0 radical (unpaired) electrons. The van der Waals surface area contributed by atoms with Crippen LogP contribution in [-0.4, -0.2) is 23.4 Å². The molecule has 0 aliphatic rings. The fourth-order valence-corrected chi connectivity index (χ4v) is 2.08. The molecular weight excluding hydrogens is 266 g/mol. The van der Waals surface area contributed by atoms with Crippen LogP contribution in [-0.2, 0) is 9.71 Å². The van der Waals surface area contributed by atoms with Crippen LogP contribution in [0.1, 0.15) is 0 Å². The summed E-state index contributed by atoms with van der Waals surface area (Å²) >= 11 is 3.33. The third-order valence-corrected chi connectivity index (χ3v) is 2.57. The molecule has 0 aliphatic heterocycles. The van der Waals surface area contributed by atoms with E-state index in [0.717, 1.165) is 10.2 Å². The molecule has 1 unspecified atom stereocenters. The first kappa shape index (κ1) is 11.4. The fraction of sp³-hybridized carbons (Fsp3) is 0.222. The van der Waals surface area contributed by atoms with Gasteiger partial charge in [0, 0.05) is 26.5 Å². The van der Waals surface area contributed by atoms with Gasteiger partial charge in [-0.25, -0.2) is 4.21 Å². The lowest BCUT2D eigenvalue weighted by atomic mass is 10.3. The van der Waals surface area contributed by atoms with E-state index in [2.05, 4.69) is 26.5 Å². The molecule has 3 nitrogen and oxygen atoms in total. The van der Waals surface area contributed by atoms with Crippen molar-refractivity contribution in [1.29, 1.82) is 0 Å². The van der Waals surface area contributed by atoms with Crippen molar-refractivity contribution in [1.82, 2.24) is 0 Å². The Morgan fingerprint density at radius 2 is 2.14 bits per heavy atom. The van der Waals surface area contributed by atoms with Crippen molar-refractivity contribution in [2.24, 2.45) is 0 Å². The van der Waals surface area contributed by atoms with Gasteiger partial charge in [-0.15, -0.1) is 0 Å². The normalized spacial score (nSPS) is 14.5. The van der Waals surface area contributed by atoms with Crippen LogP contribution in [0.5, 0.6) is 5.75 Å². The Kier molecular flexibility index (Phi) is 3.44. The van der Waals surface area contributed by atoms with Crippen molar-refractivity contribution in [3.8, 4) is 5.75 Å². The number of benzene rings is 1. The Bertz CT molecular complexity index is 428. The predicted molar refractivity (Wildman–Crippen MR) is 65.5 cm³/mol. The smallest absolute Gasteiger partial charge is 0.122 e. The minimum absolute atomic E-state index is 0.700. The molecule has 0 heterocycles. The molecule has 0 aromatic heterocycles. The molecule has 78 valence electrons. The number of anilines is 1. The maximum absolute atomic E-state index is 11.4. The predicted octanol–water partition coefficient (Wildman–Crippen LogP) is 2.13. The van der Waals surface area contributed by atoms with Gasteiger partial charge in [0.1, 0.15) is 5.75 Å². The maximum atomic E-state index is 11.4. The van der Waals surface area contributed by atoms with Crippen molar-refractivity contribution in [3.63, 3.8) is 0 Å². The molecule has 5 heteroatoms. The zero-order valence-electron chi connectivity index (χ0n) is 8.04. The van der Waals surface area contributed by atoms with Crippen LogP contribution < -0.4 is 9.46 Å². The van der Waals surface area contributed by atoms with Crippen LogP contribution in [0.2, 0.25) is 0 Å². The number of methoxy groups -OCH3 is 1. The third kappa shape index (κ3) is 3.59. The number of rotatable bonds is 3. The second-order valence-corrected chi connectivity index (χ2v) is 6.12. The van der Waals surface area contributed by atoms with Gasteiger partial charge in [-0.3, -0.25) is 0 Å². The Balaban J connectivity index is 3.04. The van der Waals surface area contributed by atoms with Crippen LogP contribution in [0, 0.1) is 0 Å². The highest BCUT2D eigenvalue weighted by molar-refractivity contribution is 9.10. The van der Waals surface area contributed by atoms with E-state index in [9.17, 15) is 4.21 Å². The zero-order chi connectivity index (χ0) is 10.8. The molecule has 0 aliphatic carbocycles. The summed E-state index contributed by atoms with van der Waals surface area (Å²) in [4.78, 5) is 0. The van der Waals surface area contributed by atoms with E-state index in [4.69, 9.17) is 4.74 Å². The Hall–Kier alpha value is -0.680. The van der Waals surface area contributed by atoms with Crippen LogP contribution in [0.3, 0.4) is 0 Å². The average Bonchev–Trinajstić information content (AvgIpc) is 1.99. The molecule has 1 atom stereocenters. The lowest BCUT2D eigenvalue weighted by Gasteiger charge is -2.09. The van der Waals surface area contributed by atoms with E-state index in [1.165, 1.54) is 0 Å². The summed E-state index contributed by atoms with van der Waals surface area (Å²) in [6, 6.07) is 5.40. The molecule has 1 aromatic rings. The molecule has 14 heavy (non-hydrogen) atoms. The van der Waals surface area contributed by atoms with Gasteiger partial charge in [0.2, 0.25) is 0 Å². The van der Waals surface area contributed by atoms with E-state index in [-0.39, 0.29) is 0 Å². The molecule has 1 aromatic carbocycles. The monoisotopic (exact) mass is 277 g/mol. The number of ether oxygens (including phenoxy) is 1. The summed E-state index contributed by atoms with van der Waals surface area (Å²) in [5.74, 6) is 4.21. The van der Waals surface area contributed by atoms with Crippen molar-refractivity contribution in [2.45, 2.75) is 0 Å². The Morgan fingerprint density at radius 1 is 1.50 bits per heavy atom. The standard InChI is InChI=1S/C9H12BrNO2S/c1-13-9-5-7(10)4-8(6-9)11-14(2,3)12/h4-6H,2H2,1,3H3,(H,11,12). The minimum Gasteiger partial charge on any atom is -0.497 e. The summed E-state index contributed by atoms with van der Waals surface area (Å²) in [5.41, 5.74) is 0.721. The van der Waals surface area contributed by atoms with Crippen molar-refractivity contribution >= 4 is 37.2 Å². The highest BCUT2D eigenvalue weighted by Gasteiger charge is 2.01. The number of hydrogen-bond donors (Lipinski definition) is 1. The van der Waals surface area contributed by atoms with Crippen LogP contribution in [0.15, 0.2) is 22.7 Å². The number of nitrogens with one attached hydrogen (secondary N) is 1. The summed E-state index contributed by atoms with van der Waals surface area (Å²) in [6.45, 7) is 0. The van der Waals surface area contributed by atoms with Gasteiger partial charge in [-0.2, -0.15) is 0 Å². The number of halogens is 1. The SMILES string of the molecule is C=S(C)(=O)Nc1cc(Br)cc(OC)c1. The zero-order valence-corrected chi connectivity index (χ0v) is 10.4. The third-order valence-electron chi connectivity index (χ3n) is 1.44. The summed E-state index contributed by atoms with van der Waals surface area (Å²) in [5, 5.41) is 0. The summed E-state index contributed by atoms with van der Waals surface area (Å²) < 4.78 is 20.1. The Labute approximate surface area is 92.7 Å². The number of hydrogen-bond acceptors (Lipinski definition) is 2. The molecular formula is C9H12BrNO2S. The van der Waals surface area contributed by atoms with Crippen LogP contribution in [0.4, 0.5) is 5.69 Å². The second-order valence-electron chi connectivity index (χ2n) is 2.99. The maximum Gasteiger partial charge on any atom is 0.122 e. The molecule has 0 fully saturated rings. The second kappa shape index (κ2) is 4.23. The molecule has 0 spiro atoms. The summed E-state index contributed by atoms with van der Waals surface area (Å²) in [7, 11) is -0.663. The average molecular weight is 278 g/mol. The highest BCUT2D eigenvalue weighted by atomic mass is 79.9. The molecule has 1 N–H and O–H groups in total. The van der Waals surface area contributed by atoms with Gasteiger partial charge in [0.15, 0.2) is 0 Å². The van der Waals surface area contributed by atoms with Gasteiger partial charge < -0.3 is 9.46 Å². The topological polar surface area (TPSA) is 38.3 Å². The minimum atomic E-state index is -2.25. The largest absolute Gasteiger partial charge is 0.497 e. The molecule has 1 rings (SSSR count). The van der Waals surface area contributed by atoms with Gasteiger partial charge >= 0.3 is 0 Å². The van der Waals surface area contributed by atoms with E-state index < -0.39 is 9.71 Å². The van der Waals surface area contributed by atoms with Crippen molar-refractivity contribution in [2.75, 3.05) is 18.1 Å². The highest BCUT2D eigenvalue weighted by Crippen LogP contribution is 2.24. The quantitative estimate of drug-likeness (QED) is 0.860. The van der Waals surface area contributed by atoms with E-state index in [1.807, 2.05) is 12.1 Å². The van der Waals surface area contributed by atoms with Crippen molar-refractivity contribution < 1.29 is 8.95 Å². The van der Waals surface area contributed by atoms with Gasteiger partial charge in [-0.1, -0.05) is 15.9 Å². The molecule has 0 saturated carbocycles. The van der Waals surface area contributed by atoms with Gasteiger partial charge in [-0.05, 0) is 18.0 Å². The first-order valence-corrected chi connectivity index (χ1v) is 6.78. The lowest BCUT2D eigenvalue weighted by Crippen LogP contribution is -2.09. The first-order chi connectivity index (χ1) is 6.40. The lowest BCUT2D eigenvalue weighted by molar-refractivity contribution is 0.415. The molecule has 0 saturated heterocycles. The van der Waals surface area contributed by atoms with Crippen LogP contribution in [0.25, 0.3) is 0 Å². The van der Waals surface area contributed by atoms with E-state index in [0.29, 0.717) is 5.75 Å². The van der Waals surface area contributed by atoms with E-state index in [1.54, 1.807) is 19.4 Å². The van der Waals surface area contributed by atoms with Crippen LogP contribution >= 0.6 is 15.9 Å². The molecule has 0 bridgehead atoms. The van der Waals surface area contributed by atoms with Gasteiger partial charge in [0.25, 0.3) is 0 Å². The van der Waals surface area contributed by atoms with E-state index >= 15 is 0 Å². The first-order valence-electron chi connectivity index (χ1n) is 3.85. The summed E-state index contributed by atoms with van der Waals surface area (Å²) in [6.07, 6.45) is 1.54.